The number of aromatic nitrogens is 1. The number of carbonyl (C=O) groups is 1. The minimum absolute atomic E-state index is 0.235. The molecule has 2 aliphatic heterocycles. The van der Waals surface area contributed by atoms with Crippen LogP contribution in [0.1, 0.15) is 29.5 Å². The summed E-state index contributed by atoms with van der Waals surface area (Å²) in [5.41, 5.74) is -0.243. The molecule has 2 fully saturated rings. The summed E-state index contributed by atoms with van der Waals surface area (Å²) >= 11 is 1.56. The van der Waals surface area contributed by atoms with Crippen molar-refractivity contribution >= 4 is 17.3 Å². The lowest BCUT2D eigenvalue weighted by atomic mass is 9.83. The average molecular weight is 269 g/mol. The molecule has 0 amide bonds. The van der Waals surface area contributed by atoms with Crippen molar-refractivity contribution in [3.05, 3.63) is 16.1 Å². The van der Waals surface area contributed by atoms with Crippen LogP contribution in [0.5, 0.6) is 0 Å². The van der Waals surface area contributed by atoms with Crippen LogP contribution in [0.3, 0.4) is 0 Å². The van der Waals surface area contributed by atoms with E-state index in [2.05, 4.69) is 4.98 Å². The highest BCUT2D eigenvalue weighted by atomic mass is 32.1. The number of ether oxygens (including phenoxy) is 2. The van der Waals surface area contributed by atoms with Crippen LogP contribution in [-0.4, -0.2) is 42.5 Å². The Morgan fingerprint density at radius 1 is 1.39 bits per heavy atom. The maximum Gasteiger partial charge on any atom is 0.320 e. The molecule has 6 heteroatoms. The van der Waals surface area contributed by atoms with E-state index in [0.717, 1.165) is 31.1 Å². The molecule has 98 valence electrons. The van der Waals surface area contributed by atoms with Gasteiger partial charge in [-0.1, -0.05) is 0 Å². The molecular weight excluding hydrogens is 254 g/mol. The van der Waals surface area contributed by atoms with Crippen LogP contribution in [0, 0.1) is 0 Å². The van der Waals surface area contributed by atoms with Gasteiger partial charge in [0.05, 0.1) is 23.9 Å². The molecular formula is C12H15NO4S. The Balaban J connectivity index is 1.82. The molecule has 3 rings (SSSR count). The van der Waals surface area contributed by atoms with E-state index in [1.165, 1.54) is 0 Å². The van der Waals surface area contributed by atoms with Crippen molar-refractivity contribution in [2.24, 2.45) is 0 Å². The number of hydrogen-bond acceptors (Lipinski definition) is 5. The van der Waals surface area contributed by atoms with E-state index < -0.39 is 11.4 Å². The molecule has 2 saturated heterocycles. The SMILES string of the molecule is O=C(O)C1(c2csc(C3CCOCC3)n2)COC1. The Morgan fingerprint density at radius 3 is 2.67 bits per heavy atom. The summed E-state index contributed by atoms with van der Waals surface area (Å²) in [6.07, 6.45) is 1.95. The first-order valence-electron chi connectivity index (χ1n) is 6.07. The van der Waals surface area contributed by atoms with Crippen molar-refractivity contribution in [3.63, 3.8) is 0 Å². The minimum atomic E-state index is -0.903. The molecule has 0 radical (unpaired) electrons. The number of carboxylic acid groups (broad SMARTS) is 1. The second kappa shape index (κ2) is 4.60. The largest absolute Gasteiger partial charge is 0.480 e. The van der Waals surface area contributed by atoms with Gasteiger partial charge in [0.25, 0.3) is 0 Å². The molecule has 3 heterocycles. The summed E-state index contributed by atoms with van der Waals surface area (Å²) in [6.45, 7) is 2.01. The molecule has 5 nitrogen and oxygen atoms in total. The number of rotatable bonds is 3. The maximum absolute atomic E-state index is 11.4. The molecule has 1 aromatic rings. The van der Waals surface area contributed by atoms with Gasteiger partial charge < -0.3 is 14.6 Å². The normalized spacial score (nSPS) is 23.6. The quantitative estimate of drug-likeness (QED) is 0.898. The van der Waals surface area contributed by atoms with Gasteiger partial charge in [-0.2, -0.15) is 0 Å². The first-order valence-corrected chi connectivity index (χ1v) is 6.95. The number of thiazole rings is 1. The number of carboxylic acids is 1. The van der Waals surface area contributed by atoms with Gasteiger partial charge >= 0.3 is 5.97 Å². The average Bonchev–Trinajstić information content (AvgIpc) is 2.78. The van der Waals surface area contributed by atoms with Gasteiger partial charge in [0.1, 0.15) is 0 Å². The highest BCUT2D eigenvalue weighted by Crippen LogP contribution is 2.36. The van der Waals surface area contributed by atoms with Crippen molar-refractivity contribution in [2.45, 2.75) is 24.2 Å². The fourth-order valence-electron chi connectivity index (χ4n) is 2.33. The van der Waals surface area contributed by atoms with E-state index in [0.29, 0.717) is 11.6 Å². The third kappa shape index (κ3) is 1.84. The summed E-state index contributed by atoms with van der Waals surface area (Å²) < 4.78 is 10.4. The smallest absolute Gasteiger partial charge is 0.320 e. The summed E-state index contributed by atoms with van der Waals surface area (Å²) in [5, 5.41) is 12.2. The predicted molar refractivity (Wildman–Crippen MR) is 65.0 cm³/mol. The van der Waals surface area contributed by atoms with Crippen LogP contribution >= 0.6 is 11.3 Å². The molecule has 0 unspecified atom stereocenters. The van der Waals surface area contributed by atoms with E-state index in [1.807, 2.05) is 5.38 Å². The van der Waals surface area contributed by atoms with Crippen molar-refractivity contribution in [2.75, 3.05) is 26.4 Å². The Hall–Kier alpha value is -0.980. The standard InChI is InChI=1S/C12H15NO4S/c14-11(15)12(6-17-7-12)9-5-18-10(13-9)8-1-3-16-4-2-8/h5,8H,1-4,6-7H2,(H,14,15). The Morgan fingerprint density at radius 2 is 2.11 bits per heavy atom. The van der Waals surface area contributed by atoms with Gasteiger partial charge in [-0.3, -0.25) is 4.79 Å². The van der Waals surface area contributed by atoms with Crippen molar-refractivity contribution in [1.82, 2.24) is 4.98 Å². The fraction of sp³-hybridized carbons (Fsp3) is 0.667. The van der Waals surface area contributed by atoms with Crippen molar-refractivity contribution in [1.29, 1.82) is 0 Å². The first kappa shape index (κ1) is 12.1. The van der Waals surface area contributed by atoms with Crippen molar-refractivity contribution in [3.8, 4) is 0 Å². The summed E-state index contributed by atoms with van der Waals surface area (Å²) in [6, 6.07) is 0. The van der Waals surface area contributed by atoms with Crippen LogP contribution < -0.4 is 0 Å². The lowest BCUT2D eigenvalue weighted by molar-refractivity contribution is -0.163. The third-order valence-corrected chi connectivity index (χ3v) is 4.70. The van der Waals surface area contributed by atoms with Gasteiger partial charge in [0.15, 0.2) is 5.41 Å². The molecule has 1 aromatic heterocycles. The monoisotopic (exact) mass is 269 g/mol. The molecule has 0 spiro atoms. The Kier molecular flexibility index (Phi) is 3.09. The van der Waals surface area contributed by atoms with Crippen LogP contribution in [-0.2, 0) is 19.7 Å². The lowest BCUT2D eigenvalue weighted by Gasteiger charge is -2.35. The summed E-state index contributed by atoms with van der Waals surface area (Å²) in [5.74, 6) is -0.415. The van der Waals surface area contributed by atoms with E-state index in [1.54, 1.807) is 11.3 Å². The van der Waals surface area contributed by atoms with E-state index in [-0.39, 0.29) is 13.2 Å². The Labute approximate surface area is 109 Å². The number of aliphatic carboxylic acids is 1. The Bertz CT molecular complexity index is 449. The summed E-state index contributed by atoms with van der Waals surface area (Å²) in [4.78, 5) is 15.9. The molecule has 1 N–H and O–H groups in total. The fourth-order valence-corrected chi connectivity index (χ4v) is 3.42. The minimum Gasteiger partial charge on any atom is -0.480 e. The van der Waals surface area contributed by atoms with E-state index in [9.17, 15) is 9.90 Å². The lowest BCUT2D eigenvalue weighted by Crippen LogP contribution is -2.53. The van der Waals surface area contributed by atoms with Crippen molar-refractivity contribution < 1.29 is 19.4 Å². The first-order chi connectivity index (χ1) is 8.72. The van der Waals surface area contributed by atoms with Crippen LogP contribution in [0.4, 0.5) is 0 Å². The predicted octanol–water partition coefficient (Wildman–Crippen LogP) is 1.39. The van der Waals surface area contributed by atoms with Crippen LogP contribution in [0.25, 0.3) is 0 Å². The van der Waals surface area contributed by atoms with Crippen LogP contribution in [0.2, 0.25) is 0 Å². The maximum atomic E-state index is 11.4. The number of nitrogens with zero attached hydrogens (tertiary/aromatic N) is 1. The van der Waals surface area contributed by atoms with Gasteiger partial charge in [0, 0.05) is 24.5 Å². The van der Waals surface area contributed by atoms with Gasteiger partial charge in [-0.15, -0.1) is 11.3 Å². The topological polar surface area (TPSA) is 68.7 Å². The highest BCUT2D eigenvalue weighted by Gasteiger charge is 2.50. The molecule has 0 aromatic carbocycles. The number of hydrogen-bond donors (Lipinski definition) is 1. The molecule has 0 atom stereocenters. The zero-order chi connectivity index (χ0) is 12.6. The van der Waals surface area contributed by atoms with E-state index in [4.69, 9.17) is 9.47 Å². The van der Waals surface area contributed by atoms with E-state index >= 15 is 0 Å². The molecule has 18 heavy (non-hydrogen) atoms. The second-order valence-corrected chi connectivity index (χ2v) is 5.73. The van der Waals surface area contributed by atoms with Gasteiger partial charge in [-0.25, -0.2) is 4.98 Å². The van der Waals surface area contributed by atoms with Crippen LogP contribution in [0.15, 0.2) is 5.38 Å². The van der Waals surface area contributed by atoms with Gasteiger partial charge in [0.2, 0.25) is 0 Å². The molecule has 2 aliphatic rings. The summed E-state index contributed by atoms with van der Waals surface area (Å²) in [7, 11) is 0. The highest BCUT2D eigenvalue weighted by molar-refractivity contribution is 7.09. The zero-order valence-corrected chi connectivity index (χ0v) is 10.7. The third-order valence-electron chi connectivity index (χ3n) is 3.69. The molecule has 0 bridgehead atoms. The zero-order valence-electron chi connectivity index (χ0n) is 9.92. The molecule has 0 aliphatic carbocycles. The second-order valence-electron chi connectivity index (χ2n) is 4.84. The van der Waals surface area contributed by atoms with Gasteiger partial charge in [-0.05, 0) is 12.8 Å². The molecule has 0 saturated carbocycles.